The smallest absolute Gasteiger partial charge is 0.155 e. The van der Waals surface area contributed by atoms with E-state index in [1.807, 2.05) is 12.2 Å². The summed E-state index contributed by atoms with van der Waals surface area (Å²) in [4.78, 5) is 23.2. The van der Waals surface area contributed by atoms with E-state index in [2.05, 4.69) is 6.08 Å². The fourth-order valence-corrected chi connectivity index (χ4v) is 2.41. The quantitative estimate of drug-likeness (QED) is 0.588. The average molecular weight is 276 g/mol. The maximum Gasteiger partial charge on any atom is 0.155 e. The maximum absolute atomic E-state index is 11.6. The van der Waals surface area contributed by atoms with Crippen LogP contribution in [0.2, 0.25) is 0 Å². The van der Waals surface area contributed by atoms with Crippen molar-refractivity contribution in [1.29, 1.82) is 0 Å². The van der Waals surface area contributed by atoms with Crippen molar-refractivity contribution in [3.63, 3.8) is 0 Å². The van der Waals surface area contributed by atoms with E-state index in [0.29, 0.717) is 25.0 Å². The summed E-state index contributed by atoms with van der Waals surface area (Å²) >= 11 is 0. The summed E-state index contributed by atoms with van der Waals surface area (Å²) in [6.45, 7) is 0. The van der Waals surface area contributed by atoms with E-state index in [1.165, 1.54) is 12.8 Å². The zero-order valence-corrected chi connectivity index (χ0v) is 12.6. The minimum atomic E-state index is 0.255. The molecule has 1 aliphatic carbocycles. The van der Waals surface area contributed by atoms with Gasteiger partial charge in [-0.15, -0.1) is 0 Å². The molecule has 1 aliphatic rings. The monoisotopic (exact) mass is 276 g/mol. The Bertz CT molecular complexity index is 339. The zero-order valence-electron chi connectivity index (χ0n) is 12.6. The first kappa shape index (κ1) is 16.9. The van der Waals surface area contributed by atoms with Gasteiger partial charge in [0.1, 0.15) is 5.78 Å². The van der Waals surface area contributed by atoms with Gasteiger partial charge in [-0.1, -0.05) is 37.5 Å². The number of carbonyl (C=O) groups excluding carboxylic acids is 2. The van der Waals surface area contributed by atoms with Crippen LogP contribution in [-0.2, 0) is 9.59 Å². The fraction of sp³-hybridized carbons (Fsp3) is 0.667. The molecule has 0 heterocycles. The van der Waals surface area contributed by atoms with E-state index in [-0.39, 0.29) is 5.78 Å². The molecule has 112 valence electrons. The van der Waals surface area contributed by atoms with Gasteiger partial charge in [0.25, 0.3) is 0 Å². The van der Waals surface area contributed by atoms with Crippen molar-refractivity contribution < 1.29 is 9.59 Å². The largest absolute Gasteiger partial charge is 0.299 e. The van der Waals surface area contributed by atoms with E-state index >= 15 is 0 Å². The normalized spacial score (nSPS) is 21.4. The molecule has 0 radical (unpaired) electrons. The Morgan fingerprint density at radius 2 is 1.30 bits per heavy atom. The lowest BCUT2D eigenvalue weighted by Gasteiger charge is -2.00. The van der Waals surface area contributed by atoms with E-state index in [0.717, 1.165) is 44.9 Å². The molecule has 20 heavy (non-hydrogen) atoms. The molecule has 0 unspecified atom stereocenters. The zero-order chi connectivity index (χ0) is 14.5. The average Bonchev–Trinajstić information content (AvgIpc) is 2.43. The molecule has 0 aromatic carbocycles. The van der Waals surface area contributed by atoms with Crippen LogP contribution in [0.15, 0.2) is 24.3 Å². The van der Waals surface area contributed by atoms with Crippen molar-refractivity contribution >= 4 is 11.6 Å². The number of carbonyl (C=O) groups is 2. The van der Waals surface area contributed by atoms with Crippen LogP contribution in [0.4, 0.5) is 0 Å². The Balaban J connectivity index is 2.32. The Kier molecular flexibility index (Phi) is 9.81. The molecule has 0 amide bonds. The predicted molar refractivity (Wildman–Crippen MR) is 83.7 cm³/mol. The lowest BCUT2D eigenvalue weighted by atomic mass is 10.0. The van der Waals surface area contributed by atoms with E-state index in [9.17, 15) is 9.59 Å². The van der Waals surface area contributed by atoms with E-state index in [4.69, 9.17) is 0 Å². The van der Waals surface area contributed by atoms with Crippen molar-refractivity contribution in [2.24, 2.45) is 0 Å². The number of ketones is 2. The first-order chi connectivity index (χ1) is 9.79. The number of hydrogen-bond donors (Lipinski definition) is 0. The molecule has 0 N–H and O–H groups in total. The molecular formula is C18H28O2. The summed E-state index contributed by atoms with van der Waals surface area (Å²) in [7, 11) is 0. The summed E-state index contributed by atoms with van der Waals surface area (Å²) in [5, 5.41) is 0. The van der Waals surface area contributed by atoms with Crippen molar-refractivity contribution in [2.75, 3.05) is 0 Å². The molecule has 0 saturated heterocycles. The third-order valence-electron chi connectivity index (χ3n) is 3.69. The van der Waals surface area contributed by atoms with Crippen LogP contribution >= 0.6 is 0 Å². The Morgan fingerprint density at radius 3 is 2.10 bits per heavy atom. The first-order valence-corrected chi connectivity index (χ1v) is 8.15. The van der Waals surface area contributed by atoms with Gasteiger partial charge in [0.2, 0.25) is 0 Å². The van der Waals surface area contributed by atoms with Gasteiger partial charge in [0, 0.05) is 19.3 Å². The molecule has 0 saturated carbocycles. The minimum Gasteiger partial charge on any atom is -0.299 e. The van der Waals surface area contributed by atoms with Gasteiger partial charge in [-0.25, -0.2) is 0 Å². The molecule has 0 atom stereocenters. The third-order valence-corrected chi connectivity index (χ3v) is 3.69. The Morgan fingerprint density at radius 1 is 0.650 bits per heavy atom. The molecular weight excluding hydrogens is 248 g/mol. The minimum absolute atomic E-state index is 0.255. The van der Waals surface area contributed by atoms with Gasteiger partial charge in [-0.3, -0.25) is 9.59 Å². The first-order valence-electron chi connectivity index (χ1n) is 8.15. The van der Waals surface area contributed by atoms with Gasteiger partial charge in [-0.05, 0) is 44.6 Å². The second kappa shape index (κ2) is 11.6. The summed E-state index contributed by atoms with van der Waals surface area (Å²) < 4.78 is 0. The standard InChI is InChI=1S/C18H28O2/c19-17-13-9-5-3-1-2-4-6-10-14-18(20)16-12-8-7-11-15-17/h5,9-10,14H,1-4,6-8,11-13,15-16H2. The molecule has 1 rings (SSSR count). The highest BCUT2D eigenvalue weighted by Gasteiger charge is 2.01. The number of Topliss-reactive ketones (excluding diaryl/α,β-unsaturated/α-hetero) is 1. The second-order valence-corrected chi connectivity index (χ2v) is 5.64. The lowest BCUT2D eigenvalue weighted by molar-refractivity contribution is -0.118. The molecule has 0 aromatic rings. The lowest BCUT2D eigenvalue weighted by Crippen LogP contribution is -1.96. The topological polar surface area (TPSA) is 34.1 Å². The van der Waals surface area contributed by atoms with Gasteiger partial charge < -0.3 is 0 Å². The highest BCUT2D eigenvalue weighted by atomic mass is 16.1. The number of rotatable bonds is 0. The van der Waals surface area contributed by atoms with E-state index < -0.39 is 0 Å². The van der Waals surface area contributed by atoms with Crippen LogP contribution in [-0.4, -0.2) is 11.6 Å². The fourth-order valence-electron chi connectivity index (χ4n) is 2.41. The van der Waals surface area contributed by atoms with Crippen LogP contribution in [0.1, 0.15) is 77.0 Å². The summed E-state index contributed by atoms with van der Waals surface area (Å²) in [6.07, 6.45) is 19.5. The van der Waals surface area contributed by atoms with Crippen molar-refractivity contribution in [3.8, 4) is 0 Å². The van der Waals surface area contributed by atoms with Crippen LogP contribution in [0.25, 0.3) is 0 Å². The Hall–Kier alpha value is -1.18. The van der Waals surface area contributed by atoms with Crippen LogP contribution < -0.4 is 0 Å². The van der Waals surface area contributed by atoms with Crippen molar-refractivity contribution in [2.45, 2.75) is 77.0 Å². The molecule has 0 spiro atoms. The van der Waals surface area contributed by atoms with Gasteiger partial charge in [0.15, 0.2) is 5.78 Å². The molecule has 0 aliphatic heterocycles. The van der Waals surface area contributed by atoms with Gasteiger partial charge in [0.05, 0.1) is 0 Å². The van der Waals surface area contributed by atoms with Gasteiger partial charge in [-0.2, -0.15) is 0 Å². The van der Waals surface area contributed by atoms with Crippen LogP contribution in [0, 0.1) is 0 Å². The van der Waals surface area contributed by atoms with Crippen LogP contribution in [0.3, 0.4) is 0 Å². The highest BCUT2D eigenvalue weighted by molar-refractivity contribution is 5.89. The summed E-state index contributed by atoms with van der Waals surface area (Å²) in [5.41, 5.74) is 0. The predicted octanol–water partition coefficient (Wildman–Crippen LogP) is 4.93. The highest BCUT2D eigenvalue weighted by Crippen LogP contribution is 2.09. The molecule has 2 heteroatoms. The number of allylic oxidation sites excluding steroid dienone is 4. The van der Waals surface area contributed by atoms with Crippen LogP contribution in [0.5, 0.6) is 0 Å². The van der Waals surface area contributed by atoms with E-state index in [1.54, 1.807) is 6.08 Å². The van der Waals surface area contributed by atoms with Crippen molar-refractivity contribution in [1.82, 2.24) is 0 Å². The Labute approximate surface area is 123 Å². The summed E-state index contributed by atoms with van der Waals surface area (Å²) in [5.74, 6) is 0.603. The molecule has 0 aromatic heterocycles. The van der Waals surface area contributed by atoms with Crippen molar-refractivity contribution in [3.05, 3.63) is 24.3 Å². The third kappa shape index (κ3) is 9.71. The maximum atomic E-state index is 11.6. The second-order valence-electron chi connectivity index (χ2n) is 5.64. The number of hydrogen-bond acceptors (Lipinski definition) is 2. The summed E-state index contributed by atoms with van der Waals surface area (Å²) in [6, 6.07) is 0. The molecule has 0 bridgehead atoms. The SMILES string of the molecule is O=C1C=CCCCCCC=CCC(=O)CCCCCC1. The molecule has 2 nitrogen and oxygen atoms in total. The molecule has 0 fully saturated rings. The van der Waals surface area contributed by atoms with Gasteiger partial charge >= 0.3 is 0 Å².